The Morgan fingerprint density at radius 2 is 1.96 bits per heavy atom. The molecule has 2 rings (SSSR count). The van der Waals surface area contributed by atoms with E-state index in [1.807, 2.05) is 7.05 Å². The summed E-state index contributed by atoms with van der Waals surface area (Å²) < 4.78 is 0. The summed E-state index contributed by atoms with van der Waals surface area (Å²) in [6.45, 7) is 10.0. The zero-order valence-electron chi connectivity index (χ0n) is 17.7. The normalized spacial score (nSPS) is 17.9. The lowest BCUT2D eigenvalue weighted by Gasteiger charge is -2.33. The summed E-state index contributed by atoms with van der Waals surface area (Å²) >= 11 is 0. The van der Waals surface area contributed by atoms with Gasteiger partial charge in [0, 0.05) is 45.3 Å². The number of likely N-dealkylation sites (tertiary alicyclic amines) is 1. The Labute approximate surface area is 166 Å². The van der Waals surface area contributed by atoms with Gasteiger partial charge in [0.2, 0.25) is 0 Å². The Morgan fingerprint density at radius 3 is 2.59 bits per heavy atom. The third-order valence-electron chi connectivity index (χ3n) is 5.57. The van der Waals surface area contributed by atoms with Crippen LogP contribution in [0.2, 0.25) is 0 Å². The molecule has 1 aromatic carbocycles. The number of nitrogens with zero attached hydrogens (tertiary/aromatic N) is 3. The number of piperidine rings is 1. The van der Waals surface area contributed by atoms with Crippen LogP contribution >= 0.6 is 0 Å². The predicted molar refractivity (Wildman–Crippen MR) is 116 cm³/mol. The molecule has 5 heteroatoms. The quantitative estimate of drug-likeness (QED) is 0.516. The van der Waals surface area contributed by atoms with Gasteiger partial charge in [0.1, 0.15) is 0 Å². The first-order valence-corrected chi connectivity index (χ1v) is 10.6. The second-order valence-corrected chi connectivity index (χ2v) is 7.82. The maximum Gasteiger partial charge on any atom is 0.191 e. The summed E-state index contributed by atoms with van der Waals surface area (Å²) in [5.41, 5.74) is 1.35. The van der Waals surface area contributed by atoms with Crippen LogP contribution in [0.5, 0.6) is 0 Å². The number of rotatable bonds is 9. The lowest BCUT2D eigenvalue weighted by atomic mass is 10.0. The molecule has 1 aliphatic heterocycles. The molecule has 1 heterocycles. The summed E-state index contributed by atoms with van der Waals surface area (Å²) in [7, 11) is 4.05. The van der Waals surface area contributed by atoms with E-state index in [1.165, 1.54) is 50.9 Å². The average Bonchev–Trinajstić information content (AvgIpc) is 2.70. The van der Waals surface area contributed by atoms with E-state index in [2.05, 4.69) is 76.7 Å². The first kappa shape index (κ1) is 21.7. The van der Waals surface area contributed by atoms with E-state index in [1.54, 1.807) is 0 Å². The van der Waals surface area contributed by atoms with Gasteiger partial charge in [0.05, 0.1) is 0 Å². The van der Waals surface area contributed by atoms with Crippen LogP contribution in [0, 0.1) is 0 Å². The number of unbranched alkanes of at least 4 members (excludes halogenated alkanes) is 1. The predicted octanol–water partition coefficient (Wildman–Crippen LogP) is 2.94. The van der Waals surface area contributed by atoms with Crippen molar-refractivity contribution in [3.05, 3.63) is 35.9 Å². The van der Waals surface area contributed by atoms with Crippen LogP contribution in [-0.2, 0) is 6.54 Å². The van der Waals surface area contributed by atoms with Crippen LogP contribution in [0.25, 0.3) is 0 Å². The molecule has 1 atom stereocenters. The number of benzene rings is 1. The number of nitrogens with one attached hydrogen (secondary N) is 2. The molecule has 0 spiro atoms. The van der Waals surface area contributed by atoms with Crippen molar-refractivity contribution in [3.8, 4) is 0 Å². The zero-order valence-corrected chi connectivity index (χ0v) is 17.7. The summed E-state index contributed by atoms with van der Waals surface area (Å²) in [4.78, 5) is 9.40. The Hall–Kier alpha value is -1.59. The topological polar surface area (TPSA) is 42.9 Å². The highest BCUT2D eigenvalue weighted by atomic mass is 15.2. The van der Waals surface area contributed by atoms with Crippen molar-refractivity contribution in [1.82, 2.24) is 20.4 Å². The maximum absolute atomic E-state index is 4.43. The van der Waals surface area contributed by atoms with Crippen LogP contribution in [0.15, 0.2) is 35.3 Å². The number of guanidine groups is 1. The molecule has 0 amide bonds. The third kappa shape index (κ3) is 7.89. The van der Waals surface area contributed by atoms with Crippen molar-refractivity contribution in [3.63, 3.8) is 0 Å². The first-order chi connectivity index (χ1) is 13.1. The van der Waals surface area contributed by atoms with Crippen molar-refractivity contribution >= 4 is 5.96 Å². The second kappa shape index (κ2) is 12.0. The SMILES string of the molecule is CCCCN1CCC(NC(=NC)NCC(C)N(C)Cc2ccccc2)CC1. The van der Waals surface area contributed by atoms with Crippen LogP contribution < -0.4 is 10.6 Å². The largest absolute Gasteiger partial charge is 0.355 e. The van der Waals surface area contributed by atoms with Gasteiger partial charge in [-0.1, -0.05) is 43.7 Å². The average molecular weight is 374 g/mol. The fourth-order valence-electron chi connectivity index (χ4n) is 3.50. The number of aliphatic imine (C=N–C) groups is 1. The minimum Gasteiger partial charge on any atom is -0.355 e. The lowest BCUT2D eigenvalue weighted by Crippen LogP contribution is -2.50. The van der Waals surface area contributed by atoms with Crippen molar-refractivity contribution in [2.45, 2.75) is 58.2 Å². The van der Waals surface area contributed by atoms with Gasteiger partial charge in [-0.15, -0.1) is 0 Å². The van der Waals surface area contributed by atoms with Crippen molar-refractivity contribution < 1.29 is 0 Å². The molecule has 0 saturated carbocycles. The highest BCUT2D eigenvalue weighted by molar-refractivity contribution is 5.80. The molecule has 2 N–H and O–H groups in total. The molecule has 1 unspecified atom stereocenters. The van der Waals surface area contributed by atoms with E-state index >= 15 is 0 Å². The molecule has 1 aromatic rings. The summed E-state index contributed by atoms with van der Waals surface area (Å²) in [5.74, 6) is 0.932. The van der Waals surface area contributed by atoms with E-state index in [9.17, 15) is 0 Å². The van der Waals surface area contributed by atoms with Gasteiger partial charge >= 0.3 is 0 Å². The van der Waals surface area contributed by atoms with Gasteiger partial charge in [-0.05, 0) is 45.3 Å². The van der Waals surface area contributed by atoms with E-state index in [0.29, 0.717) is 12.1 Å². The maximum atomic E-state index is 4.43. The Balaban J connectivity index is 1.69. The van der Waals surface area contributed by atoms with E-state index in [0.717, 1.165) is 19.0 Å². The highest BCUT2D eigenvalue weighted by Gasteiger charge is 2.19. The van der Waals surface area contributed by atoms with E-state index in [4.69, 9.17) is 0 Å². The summed E-state index contributed by atoms with van der Waals surface area (Å²) in [5, 5.41) is 7.13. The molecule has 0 bridgehead atoms. The monoisotopic (exact) mass is 373 g/mol. The fourth-order valence-corrected chi connectivity index (χ4v) is 3.50. The van der Waals surface area contributed by atoms with Gasteiger partial charge in [-0.25, -0.2) is 0 Å². The van der Waals surface area contributed by atoms with Crippen LogP contribution in [0.3, 0.4) is 0 Å². The molecule has 5 nitrogen and oxygen atoms in total. The first-order valence-electron chi connectivity index (χ1n) is 10.6. The van der Waals surface area contributed by atoms with Crippen molar-refractivity contribution in [2.24, 2.45) is 4.99 Å². The third-order valence-corrected chi connectivity index (χ3v) is 5.57. The Kier molecular flexibility index (Phi) is 9.64. The highest BCUT2D eigenvalue weighted by Crippen LogP contribution is 2.11. The minimum absolute atomic E-state index is 0.430. The van der Waals surface area contributed by atoms with Crippen LogP contribution in [0.4, 0.5) is 0 Å². The lowest BCUT2D eigenvalue weighted by molar-refractivity contribution is 0.203. The van der Waals surface area contributed by atoms with Gasteiger partial charge in [-0.3, -0.25) is 9.89 Å². The van der Waals surface area contributed by atoms with Gasteiger partial charge in [0.15, 0.2) is 5.96 Å². The molecule has 152 valence electrons. The summed E-state index contributed by atoms with van der Waals surface area (Å²) in [6, 6.07) is 11.6. The molecule has 27 heavy (non-hydrogen) atoms. The van der Waals surface area contributed by atoms with Crippen molar-refractivity contribution in [1.29, 1.82) is 0 Å². The fraction of sp³-hybridized carbons (Fsp3) is 0.682. The molecule has 1 aliphatic rings. The zero-order chi connectivity index (χ0) is 19.5. The smallest absolute Gasteiger partial charge is 0.191 e. The van der Waals surface area contributed by atoms with E-state index < -0.39 is 0 Å². The second-order valence-electron chi connectivity index (χ2n) is 7.82. The molecule has 0 aromatic heterocycles. The number of hydrogen-bond acceptors (Lipinski definition) is 3. The van der Waals surface area contributed by atoms with E-state index in [-0.39, 0.29) is 0 Å². The molecular formula is C22H39N5. The molecule has 1 saturated heterocycles. The minimum atomic E-state index is 0.430. The van der Waals surface area contributed by atoms with Gasteiger partial charge in [-0.2, -0.15) is 0 Å². The van der Waals surface area contributed by atoms with Gasteiger partial charge in [0.25, 0.3) is 0 Å². The molecule has 0 radical (unpaired) electrons. The molecule has 0 aliphatic carbocycles. The van der Waals surface area contributed by atoms with Crippen LogP contribution in [-0.4, -0.2) is 68.1 Å². The number of hydrogen-bond donors (Lipinski definition) is 2. The Bertz CT molecular complexity index is 537. The van der Waals surface area contributed by atoms with Gasteiger partial charge < -0.3 is 15.5 Å². The number of likely N-dealkylation sites (N-methyl/N-ethyl adjacent to an activating group) is 1. The van der Waals surface area contributed by atoms with Crippen molar-refractivity contribution in [2.75, 3.05) is 40.3 Å². The molecular weight excluding hydrogens is 334 g/mol. The summed E-state index contributed by atoms with van der Waals surface area (Å²) in [6.07, 6.45) is 5.00. The standard InChI is InChI=1S/C22H39N5/c1-5-6-14-27-15-12-21(13-16-27)25-22(23-3)24-17-19(2)26(4)18-20-10-8-7-9-11-20/h7-11,19,21H,5-6,12-18H2,1-4H3,(H2,23,24,25). The Morgan fingerprint density at radius 1 is 1.26 bits per heavy atom. The van der Waals surface area contributed by atoms with Crippen LogP contribution in [0.1, 0.15) is 45.1 Å². The molecule has 1 fully saturated rings.